The second kappa shape index (κ2) is 5.52. The first-order valence-corrected chi connectivity index (χ1v) is 5.96. The standard InChI is InChI=1S/C15H13NO4/c1-10-3-8-13(14(9-10)16(18)19)11-4-6-12(7-5-11)15(17)20-2/h3-9H,1-2H3. The number of ether oxygens (including phenoxy) is 1. The number of benzene rings is 2. The van der Waals surface area contributed by atoms with Gasteiger partial charge in [-0.05, 0) is 36.2 Å². The number of nitro benzene ring substituents is 1. The molecule has 0 saturated heterocycles. The van der Waals surface area contributed by atoms with E-state index in [9.17, 15) is 14.9 Å². The van der Waals surface area contributed by atoms with Crippen LogP contribution in [0.15, 0.2) is 42.5 Å². The number of carbonyl (C=O) groups is 1. The van der Waals surface area contributed by atoms with Gasteiger partial charge in [0.15, 0.2) is 0 Å². The highest BCUT2D eigenvalue weighted by molar-refractivity contribution is 5.90. The summed E-state index contributed by atoms with van der Waals surface area (Å²) >= 11 is 0. The lowest BCUT2D eigenvalue weighted by Gasteiger charge is -2.05. The zero-order valence-corrected chi connectivity index (χ0v) is 11.1. The summed E-state index contributed by atoms with van der Waals surface area (Å²) in [6.45, 7) is 1.80. The summed E-state index contributed by atoms with van der Waals surface area (Å²) in [5, 5.41) is 11.1. The molecule has 0 aliphatic carbocycles. The van der Waals surface area contributed by atoms with Crippen molar-refractivity contribution in [2.24, 2.45) is 0 Å². The number of carbonyl (C=O) groups excluding carboxylic acids is 1. The van der Waals surface area contributed by atoms with Crippen molar-refractivity contribution in [1.29, 1.82) is 0 Å². The van der Waals surface area contributed by atoms with Crippen LogP contribution in [0.2, 0.25) is 0 Å². The lowest BCUT2D eigenvalue weighted by atomic mass is 10.0. The Morgan fingerprint density at radius 2 is 1.80 bits per heavy atom. The largest absolute Gasteiger partial charge is 0.465 e. The number of hydrogen-bond donors (Lipinski definition) is 0. The Morgan fingerprint density at radius 3 is 2.35 bits per heavy atom. The fourth-order valence-electron chi connectivity index (χ4n) is 1.94. The van der Waals surface area contributed by atoms with Crippen LogP contribution in [-0.4, -0.2) is 18.0 Å². The average Bonchev–Trinajstić information content (AvgIpc) is 2.46. The Hall–Kier alpha value is -2.69. The van der Waals surface area contributed by atoms with Gasteiger partial charge in [-0.3, -0.25) is 10.1 Å². The van der Waals surface area contributed by atoms with E-state index in [1.807, 2.05) is 6.07 Å². The van der Waals surface area contributed by atoms with E-state index in [1.165, 1.54) is 13.2 Å². The SMILES string of the molecule is COC(=O)c1ccc(-c2ccc(C)cc2[N+](=O)[O-])cc1. The molecule has 5 heteroatoms. The van der Waals surface area contributed by atoms with Crippen molar-refractivity contribution in [3.05, 3.63) is 63.7 Å². The molecule has 0 saturated carbocycles. The third-order valence-electron chi connectivity index (χ3n) is 2.97. The van der Waals surface area contributed by atoms with Gasteiger partial charge in [0.25, 0.3) is 5.69 Å². The third kappa shape index (κ3) is 2.66. The predicted octanol–water partition coefficient (Wildman–Crippen LogP) is 3.36. The summed E-state index contributed by atoms with van der Waals surface area (Å²) in [4.78, 5) is 22.0. The molecule has 0 aromatic heterocycles. The van der Waals surface area contributed by atoms with Crippen LogP contribution >= 0.6 is 0 Å². The minimum absolute atomic E-state index is 0.0517. The molecule has 0 amide bonds. The molecular formula is C15H13NO4. The van der Waals surface area contributed by atoms with E-state index in [-0.39, 0.29) is 5.69 Å². The van der Waals surface area contributed by atoms with E-state index in [2.05, 4.69) is 4.74 Å². The fourth-order valence-corrected chi connectivity index (χ4v) is 1.94. The molecule has 0 bridgehead atoms. The Morgan fingerprint density at radius 1 is 1.15 bits per heavy atom. The van der Waals surface area contributed by atoms with Crippen LogP contribution in [0.3, 0.4) is 0 Å². The molecule has 2 aromatic rings. The quantitative estimate of drug-likeness (QED) is 0.487. The van der Waals surface area contributed by atoms with Gasteiger partial charge in [0.05, 0.1) is 23.2 Å². The number of nitrogens with zero attached hydrogens (tertiary/aromatic N) is 1. The molecule has 0 radical (unpaired) electrons. The van der Waals surface area contributed by atoms with Gasteiger partial charge in [-0.2, -0.15) is 0 Å². The van der Waals surface area contributed by atoms with Gasteiger partial charge in [-0.25, -0.2) is 4.79 Å². The van der Waals surface area contributed by atoms with Crippen LogP contribution in [0.4, 0.5) is 5.69 Å². The summed E-state index contributed by atoms with van der Waals surface area (Å²) in [6, 6.07) is 11.6. The molecular weight excluding hydrogens is 258 g/mol. The summed E-state index contributed by atoms with van der Waals surface area (Å²) in [5.41, 5.74) is 2.50. The Bertz CT molecular complexity index is 662. The van der Waals surface area contributed by atoms with Crippen molar-refractivity contribution in [3.63, 3.8) is 0 Å². The molecule has 0 N–H and O–H groups in total. The second-order valence-electron chi connectivity index (χ2n) is 4.35. The van der Waals surface area contributed by atoms with Crippen molar-refractivity contribution in [1.82, 2.24) is 0 Å². The number of esters is 1. The number of hydrogen-bond acceptors (Lipinski definition) is 4. The van der Waals surface area contributed by atoms with Crippen LogP contribution in [-0.2, 0) is 4.74 Å². The maximum atomic E-state index is 11.4. The first-order chi connectivity index (χ1) is 9.52. The van der Waals surface area contributed by atoms with Gasteiger partial charge < -0.3 is 4.74 Å². The number of nitro groups is 1. The lowest BCUT2D eigenvalue weighted by Crippen LogP contribution is -2.00. The lowest BCUT2D eigenvalue weighted by molar-refractivity contribution is -0.384. The summed E-state index contributed by atoms with van der Waals surface area (Å²) in [7, 11) is 1.31. The van der Waals surface area contributed by atoms with Crippen molar-refractivity contribution >= 4 is 11.7 Å². The molecule has 2 rings (SSSR count). The average molecular weight is 271 g/mol. The molecule has 0 aliphatic heterocycles. The Balaban J connectivity index is 2.47. The van der Waals surface area contributed by atoms with Crippen molar-refractivity contribution < 1.29 is 14.5 Å². The summed E-state index contributed by atoms with van der Waals surface area (Å²) in [5.74, 6) is -0.435. The van der Waals surface area contributed by atoms with Gasteiger partial charge in [-0.15, -0.1) is 0 Å². The fraction of sp³-hybridized carbons (Fsp3) is 0.133. The molecule has 0 aliphatic rings. The molecule has 0 atom stereocenters. The van der Waals surface area contributed by atoms with Crippen LogP contribution in [0, 0.1) is 17.0 Å². The number of methoxy groups -OCH3 is 1. The normalized spacial score (nSPS) is 10.1. The van der Waals surface area contributed by atoms with E-state index in [0.29, 0.717) is 16.7 Å². The number of aryl methyl sites for hydroxylation is 1. The van der Waals surface area contributed by atoms with E-state index in [1.54, 1.807) is 37.3 Å². The second-order valence-corrected chi connectivity index (χ2v) is 4.35. The van der Waals surface area contributed by atoms with E-state index in [4.69, 9.17) is 0 Å². The summed E-state index contributed by atoms with van der Waals surface area (Å²) in [6.07, 6.45) is 0. The first kappa shape index (κ1) is 13.7. The molecule has 0 unspecified atom stereocenters. The molecule has 0 heterocycles. The van der Waals surface area contributed by atoms with Gasteiger partial charge in [0.1, 0.15) is 0 Å². The van der Waals surface area contributed by atoms with Crippen molar-refractivity contribution in [2.45, 2.75) is 6.92 Å². The van der Waals surface area contributed by atoms with Crippen molar-refractivity contribution in [3.8, 4) is 11.1 Å². The van der Waals surface area contributed by atoms with Crippen LogP contribution in [0.25, 0.3) is 11.1 Å². The maximum absolute atomic E-state index is 11.4. The zero-order valence-electron chi connectivity index (χ0n) is 11.1. The molecule has 2 aromatic carbocycles. The van der Waals surface area contributed by atoms with Gasteiger partial charge in [-0.1, -0.05) is 18.2 Å². The molecule has 5 nitrogen and oxygen atoms in total. The van der Waals surface area contributed by atoms with E-state index >= 15 is 0 Å². The van der Waals surface area contributed by atoms with Gasteiger partial charge in [0, 0.05) is 6.07 Å². The minimum Gasteiger partial charge on any atom is -0.465 e. The molecule has 0 spiro atoms. The predicted molar refractivity (Wildman–Crippen MR) is 74.6 cm³/mol. The summed E-state index contributed by atoms with van der Waals surface area (Å²) < 4.78 is 4.61. The highest BCUT2D eigenvalue weighted by atomic mass is 16.6. The third-order valence-corrected chi connectivity index (χ3v) is 2.97. The highest BCUT2D eigenvalue weighted by Crippen LogP contribution is 2.30. The van der Waals surface area contributed by atoms with Crippen LogP contribution in [0.5, 0.6) is 0 Å². The first-order valence-electron chi connectivity index (χ1n) is 5.96. The topological polar surface area (TPSA) is 69.4 Å². The molecule has 0 fully saturated rings. The van der Waals surface area contributed by atoms with Crippen LogP contribution < -0.4 is 0 Å². The Labute approximate surface area is 116 Å². The smallest absolute Gasteiger partial charge is 0.337 e. The van der Waals surface area contributed by atoms with Crippen molar-refractivity contribution in [2.75, 3.05) is 7.11 Å². The van der Waals surface area contributed by atoms with Crippen LogP contribution in [0.1, 0.15) is 15.9 Å². The highest BCUT2D eigenvalue weighted by Gasteiger charge is 2.15. The maximum Gasteiger partial charge on any atom is 0.337 e. The van der Waals surface area contributed by atoms with Gasteiger partial charge >= 0.3 is 5.97 Å². The zero-order chi connectivity index (χ0) is 14.7. The Kier molecular flexibility index (Phi) is 3.79. The van der Waals surface area contributed by atoms with E-state index in [0.717, 1.165) is 5.56 Å². The number of rotatable bonds is 3. The molecule has 20 heavy (non-hydrogen) atoms. The van der Waals surface area contributed by atoms with Gasteiger partial charge in [0.2, 0.25) is 0 Å². The van der Waals surface area contributed by atoms with E-state index < -0.39 is 10.9 Å². The molecule has 102 valence electrons. The minimum atomic E-state index is -0.435. The monoisotopic (exact) mass is 271 g/mol.